The summed E-state index contributed by atoms with van der Waals surface area (Å²) in [5, 5.41) is 11.7. The number of carbonyl (C=O) groups excluding carboxylic acids is 1. The Hall–Kier alpha value is -1.31. The van der Waals surface area contributed by atoms with E-state index in [0.29, 0.717) is 6.54 Å². The summed E-state index contributed by atoms with van der Waals surface area (Å²) in [4.78, 5) is 24.3. The molecule has 0 aromatic rings. The van der Waals surface area contributed by atoms with Crippen molar-refractivity contribution in [3.05, 3.63) is 0 Å². The second kappa shape index (κ2) is 5.59. The van der Waals surface area contributed by atoms with Crippen molar-refractivity contribution in [3.8, 4) is 0 Å². The minimum Gasteiger partial charge on any atom is -0.481 e. The van der Waals surface area contributed by atoms with Gasteiger partial charge in [-0.05, 0) is 18.3 Å². The number of carboxylic acids is 1. The molecule has 0 spiro atoms. The third-order valence-electron chi connectivity index (χ3n) is 4.19. The molecular formula is C12H20N2O5S. The third-order valence-corrected chi connectivity index (χ3v) is 5.80. The average molecular weight is 304 g/mol. The number of urea groups is 1. The molecule has 0 unspecified atom stereocenters. The van der Waals surface area contributed by atoms with Crippen molar-refractivity contribution in [2.75, 3.05) is 31.1 Å². The third kappa shape index (κ3) is 3.62. The smallest absolute Gasteiger partial charge is 0.317 e. The first kappa shape index (κ1) is 15.1. The average Bonchev–Trinajstić information content (AvgIpc) is 2.31. The summed E-state index contributed by atoms with van der Waals surface area (Å²) in [6, 6.07) is -0.295. The highest BCUT2D eigenvalue weighted by atomic mass is 32.2. The van der Waals surface area contributed by atoms with Crippen molar-refractivity contribution in [3.63, 3.8) is 0 Å². The molecule has 1 heterocycles. The van der Waals surface area contributed by atoms with E-state index in [1.54, 1.807) is 0 Å². The molecule has 0 bridgehead atoms. The zero-order valence-corrected chi connectivity index (χ0v) is 12.1. The van der Waals surface area contributed by atoms with Crippen LogP contribution < -0.4 is 5.32 Å². The van der Waals surface area contributed by atoms with Crippen LogP contribution in [-0.2, 0) is 14.6 Å². The fourth-order valence-corrected chi connectivity index (χ4v) is 3.91. The molecule has 1 saturated carbocycles. The maximum absolute atomic E-state index is 12.0. The Morgan fingerprint density at radius 2 is 1.80 bits per heavy atom. The summed E-state index contributed by atoms with van der Waals surface area (Å²) < 4.78 is 22.6. The van der Waals surface area contributed by atoms with E-state index in [9.17, 15) is 18.0 Å². The van der Waals surface area contributed by atoms with E-state index in [1.165, 1.54) is 4.90 Å². The maximum atomic E-state index is 12.0. The van der Waals surface area contributed by atoms with Gasteiger partial charge in [0.05, 0.1) is 17.9 Å². The van der Waals surface area contributed by atoms with Gasteiger partial charge in [-0.1, -0.05) is 6.42 Å². The molecule has 0 aromatic carbocycles. The predicted molar refractivity (Wildman–Crippen MR) is 72.2 cm³/mol. The summed E-state index contributed by atoms with van der Waals surface area (Å²) in [5.41, 5.74) is -0.316. The lowest BCUT2D eigenvalue weighted by Gasteiger charge is -2.41. The Labute approximate surface area is 118 Å². The van der Waals surface area contributed by atoms with Crippen LogP contribution in [-0.4, -0.2) is 61.6 Å². The molecule has 2 N–H and O–H groups in total. The summed E-state index contributed by atoms with van der Waals surface area (Å²) in [5.74, 6) is -0.843. The van der Waals surface area contributed by atoms with E-state index in [2.05, 4.69) is 5.32 Å². The summed E-state index contributed by atoms with van der Waals surface area (Å²) in [7, 11) is -3.00. The predicted octanol–water partition coefficient (Wildman–Crippen LogP) is 0.0714. The van der Waals surface area contributed by atoms with Crippen molar-refractivity contribution in [1.29, 1.82) is 0 Å². The van der Waals surface area contributed by atoms with Crippen LogP contribution in [0, 0.1) is 5.41 Å². The van der Waals surface area contributed by atoms with Crippen LogP contribution in [0.2, 0.25) is 0 Å². The summed E-state index contributed by atoms with van der Waals surface area (Å²) >= 11 is 0. The monoisotopic (exact) mass is 304 g/mol. The van der Waals surface area contributed by atoms with Gasteiger partial charge < -0.3 is 15.3 Å². The normalized spacial score (nSPS) is 23.7. The second-order valence-electron chi connectivity index (χ2n) is 5.72. The van der Waals surface area contributed by atoms with E-state index in [1.807, 2.05) is 0 Å². The Kier molecular flexibility index (Phi) is 4.22. The van der Waals surface area contributed by atoms with Crippen molar-refractivity contribution < 1.29 is 23.1 Å². The molecule has 2 amide bonds. The SMILES string of the molecule is O=C(O)CC1(CNC(=O)N2CCS(=O)(=O)CC2)CCC1. The lowest BCUT2D eigenvalue weighted by atomic mass is 9.66. The lowest BCUT2D eigenvalue weighted by molar-refractivity contribution is -0.141. The summed E-state index contributed by atoms with van der Waals surface area (Å²) in [6.45, 7) is 0.765. The molecule has 2 aliphatic rings. The van der Waals surface area contributed by atoms with Crippen LogP contribution in [0.4, 0.5) is 4.79 Å². The number of aliphatic carboxylic acids is 1. The molecule has 20 heavy (non-hydrogen) atoms. The van der Waals surface area contributed by atoms with Gasteiger partial charge in [0, 0.05) is 19.6 Å². The molecule has 2 fully saturated rings. The molecule has 0 aromatic heterocycles. The number of sulfone groups is 1. The van der Waals surface area contributed by atoms with Gasteiger partial charge in [0.2, 0.25) is 0 Å². The fraction of sp³-hybridized carbons (Fsp3) is 0.833. The summed E-state index contributed by atoms with van der Waals surface area (Å²) in [6.07, 6.45) is 2.69. The van der Waals surface area contributed by atoms with Crippen LogP contribution >= 0.6 is 0 Å². The zero-order chi connectivity index (χ0) is 14.8. The van der Waals surface area contributed by atoms with Gasteiger partial charge in [0.15, 0.2) is 9.84 Å². The van der Waals surface area contributed by atoms with E-state index in [-0.39, 0.29) is 42.5 Å². The standard InChI is InChI=1S/C12H20N2O5S/c15-10(16)8-12(2-1-3-12)9-13-11(17)14-4-6-20(18,19)7-5-14/h1-9H2,(H,13,17)(H,15,16). The van der Waals surface area contributed by atoms with Crippen LogP contribution in [0.5, 0.6) is 0 Å². The number of carbonyl (C=O) groups is 2. The molecule has 1 aliphatic heterocycles. The van der Waals surface area contributed by atoms with Gasteiger partial charge in [-0.25, -0.2) is 13.2 Å². The largest absolute Gasteiger partial charge is 0.481 e. The van der Waals surface area contributed by atoms with E-state index >= 15 is 0 Å². The maximum Gasteiger partial charge on any atom is 0.317 e. The second-order valence-corrected chi connectivity index (χ2v) is 8.03. The number of nitrogens with zero attached hydrogens (tertiary/aromatic N) is 1. The molecule has 2 rings (SSSR count). The first-order valence-corrected chi connectivity index (χ1v) is 8.59. The molecule has 1 aliphatic carbocycles. The minimum atomic E-state index is -3.00. The number of amides is 2. The van der Waals surface area contributed by atoms with Crippen molar-refractivity contribution in [1.82, 2.24) is 10.2 Å². The quantitative estimate of drug-likeness (QED) is 0.765. The first-order valence-electron chi connectivity index (χ1n) is 6.77. The zero-order valence-electron chi connectivity index (χ0n) is 11.3. The molecule has 8 heteroatoms. The molecule has 0 radical (unpaired) electrons. The van der Waals surface area contributed by atoms with Gasteiger partial charge >= 0.3 is 12.0 Å². The minimum absolute atomic E-state index is 0.000683. The van der Waals surface area contributed by atoms with Gasteiger partial charge in [0.25, 0.3) is 0 Å². The number of hydrogen-bond acceptors (Lipinski definition) is 4. The van der Waals surface area contributed by atoms with Gasteiger partial charge in [-0.3, -0.25) is 4.79 Å². The van der Waals surface area contributed by atoms with Crippen LogP contribution in [0.3, 0.4) is 0 Å². The van der Waals surface area contributed by atoms with Crippen LogP contribution in [0.1, 0.15) is 25.7 Å². The fourth-order valence-electron chi connectivity index (χ4n) is 2.70. The van der Waals surface area contributed by atoms with Crippen LogP contribution in [0.25, 0.3) is 0 Å². The van der Waals surface area contributed by atoms with E-state index in [4.69, 9.17) is 5.11 Å². The molecular weight excluding hydrogens is 284 g/mol. The Balaban J connectivity index is 1.82. The number of nitrogens with one attached hydrogen (secondary N) is 1. The van der Waals surface area contributed by atoms with Crippen molar-refractivity contribution in [2.24, 2.45) is 5.41 Å². The first-order chi connectivity index (χ1) is 9.32. The molecule has 7 nitrogen and oxygen atoms in total. The van der Waals surface area contributed by atoms with Crippen molar-refractivity contribution in [2.45, 2.75) is 25.7 Å². The molecule has 114 valence electrons. The Morgan fingerprint density at radius 3 is 2.25 bits per heavy atom. The van der Waals surface area contributed by atoms with Crippen LogP contribution in [0.15, 0.2) is 0 Å². The Bertz CT molecular complexity index is 484. The number of carboxylic acid groups (broad SMARTS) is 1. The highest BCUT2D eigenvalue weighted by Crippen LogP contribution is 2.43. The van der Waals surface area contributed by atoms with Gasteiger partial charge in [0.1, 0.15) is 0 Å². The topological polar surface area (TPSA) is 104 Å². The lowest BCUT2D eigenvalue weighted by Crippen LogP contribution is -2.51. The number of hydrogen-bond donors (Lipinski definition) is 2. The highest BCUT2D eigenvalue weighted by Gasteiger charge is 2.39. The highest BCUT2D eigenvalue weighted by molar-refractivity contribution is 7.91. The van der Waals surface area contributed by atoms with Gasteiger partial charge in [-0.2, -0.15) is 0 Å². The molecule has 1 saturated heterocycles. The van der Waals surface area contributed by atoms with Gasteiger partial charge in [-0.15, -0.1) is 0 Å². The number of rotatable bonds is 4. The van der Waals surface area contributed by atoms with Crippen molar-refractivity contribution >= 4 is 21.8 Å². The Morgan fingerprint density at radius 1 is 1.20 bits per heavy atom. The van der Waals surface area contributed by atoms with E-state index in [0.717, 1.165) is 19.3 Å². The van der Waals surface area contributed by atoms with E-state index < -0.39 is 15.8 Å². The molecule has 0 atom stereocenters.